The molecule has 0 atom stereocenters. The van der Waals surface area contributed by atoms with Crippen LogP contribution in [0.1, 0.15) is 5.56 Å². The second-order valence-electron chi connectivity index (χ2n) is 2.83. The summed E-state index contributed by atoms with van der Waals surface area (Å²) in [6.07, 6.45) is 0. The monoisotopic (exact) mass is 236 g/mol. The molecule has 15 heavy (non-hydrogen) atoms. The highest BCUT2D eigenvalue weighted by Crippen LogP contribution is 2.32. The standard InChI is InChI=1S/C8H7ClF2N2O2/c9-6-2-1-5(8(10,11)4-12)3-7(6)13(14)15/h1-3H,4,12H2. The van der Waals surface area contributed by atoms with Gasteiger partial charge in [0.25, 0.3) is 11.6 Å². The van der Waals surface area contributed by atoms with Crippen LogP contribution in [-0.2, 0) is 5.92 Å². The van der Waals surface area contributed by atoms with Crippen molar-refractivity contribution in [2.75, 3.05) is 6.54 Å². The Kier molecular flexibility index (Phi) is 3.21. The normalized spacial score (nSPS) is 11.5. The Morgan fingerprint density at radius 2 is 2.13 bits per heavy atom. The van der Waals surface area contributed by atoms with E-state index in [4.69, 9.17) is 17.3 Å². The first-order chi connectivity index (χ1) is 6.88. The van der Waals surface area contributed by atoms with E-state index in [0.717, 1.165) is 18.2 Å². The molecule has 1 rings (SSSR count). The number of hydrogen-bond donors (Lipinski definition) is 1. The second-order valence-corrected chi connectivity index (χ2v) is 3.24. The maximum absolute atomic E-state index is 13.1. The Labute approximate surface area is 88.8 Å². The van der Waals surface area contributed by atoms with Gasteiger partial charge in [-0.1, -0.05) is 17.7 Å². The van der Waals surface area contributed by atoms with Gasteiger partial charge in [0, 0.05) is 11.6 Å². The van der Waals surface area contributed by atoms with E-state index in [-0.39, 0.29) is 5.02 Å². The van der Waals surface area contributed by atoms with Crippen LogP contribution in [0.3, 0.4) is 0 Å². The van der Waals surface area contributed by atoms with Crippen LogP contribution in [0.2, 0.25) is 5.02 Å². The van der Waals surface area contributed by atoms with Crippen molar-refractivity contribution >= 4 is 17.3 Å². The third kappa shape index (κ3) is 2.40. The Balaban J connectivity index is 3.25. The van der Waals surface area contributed by atoms with Gasteiger partial charge in [0.05, 0.1) is 11.5 Å². The van der Waals surface area contributed by atoms with E-state index in [1.807, 2.05) is 0 Å². The number of benzene rings is 1. The molecule has 1 aromatic carbocycles. The molecule has 82 valence electrons. The zero-order chi connectivity index (χ0) is 11.6. The van der Waals surface area contributed by atoms with Crippen LogP contribution in [0.4, 0.5) is 14.5 Å². The number of hydrogen-bond acceptors (Lipinski definition) is 3. The van der Waals surface area contributed by atoms with Gasteiger partial charge in [0.1, 0.15) is 5.02 Å². The van der Waals surface area contributed by atoms with Crippen LogP contribution in [0.15, 0.2) is 18.2 Å². The smallest absolute Gasteiger partial charge is 0.288 e. The second kappa shape index (κ2) is 4.08. The van der Waals surface area contributed by atoms with Crippen molar-refractivity contribution in [3.63, 3.8) is 0 Å². The van der Waals surface area contributed by atoms with E-state index in [2.05, 4.69) is 0 Å². The number of nitro benzene ring substituents is 1. The predicted molar refractivity (Wildman–Crippen MR) is 51.1 cm³/mol. The number of halogens is 3. The molecule has 0 aliphatic rings. The zero-order valence-electron chi connectivity index (χ0n) is 7.41. The molecule has 0 unspecified atom stereocenters. The topological polar surface area (TPSA) is 69.2 Å². The number of nitrogens with zero attached hydrogens (tertiary/aromatic N) is 1. The summed E-state index contributed by atoms with van der Waals surface area (Å²) < 4.78 is 26.1. The lowest BCUT2D eigenvalue weighted by Crippen LogP contribution is -2.25. The molecule has 0 saturated carbocycles. The Bertz CT molecular complexity index is 398. The quantitative estimate of drug-likeness (QED) is 0.647. The van der Waals surface area contributed by atoms with E-state index >= 15 is 0 Å². The summed E-state index contributed by atoms with van der Waals surface area (Å²) in [7, 11) is 0. The van der Waals surface area contributed by atoms with Gasteiger partial charge in [0.15, 0.2) is 0 Å². The molecule has 0 aliphatic carbocycles. The van der Waals surface area contributed by atoms with Gasteiger partial charge in [-0.25, -0.2) is 0 Å². The average molecular weight is 237 g/mol. The minimum atomic E-state index is -3.28. The Morgan fingerprint density at radius 3 is 2.60 bits per heavy atom. The minimum absolute atomic E-state index is 0.184. The molecular weight excluding hydrogens is 230 g/mol. The van der Waals surface area contributed by atoms with Crippen molar-refractivity contribution in [2.24, 2.45) is 5.73 Å². The van der Waals surface area contributed by atoms with E-state index in [0.29, 0.717) is 0 Å². The SMILES string of the molecule is NCC(F)(F)c1ccc(Cl)c([N+](=O)[O-])c1. The van der Waals surface area contributed by atoms with E-state index in [1.165, 1.54) is 0 Å². The maximum Gasteiger partial charge on any atom is 0.288 e. The minimum Gasteiger partial charge on any atom is -0.325 e. The highest BCUT2D eigenvalue weighted by atomic mass is 35.5. The third-order valence-corrected chi connectivity index (χ3v) is 2.14. The molecule has 2 N–H and O–H groups in total. The molecule has 0 amide bonds. The molecule has 0 aliphatic heterocycles. The van der Waals surface area contributed by atoms with E-state index < -0.39 is 28.6 Å². The average Bonchev–Trinajstić information content (AvgIpc) is 2.17. The summed E-state index contributed by atoms with van der Waals surface area (Å²) in [5.74, 6) is -3.28. The van der Waals surface area contributed by atoms with Crippen molar-refractivity contribution < 1.29 is 13.7 Å². The number of alkyl halides is 2. The molecule has 0 saturated heterocycles. The number of rotatable bonds is 3. The van der Waals surface area contributed by atoms with Crippen LogP contribution >= 0.6 is 11.6 Å². The first-order valence-electron chi connectivity index (χ1n) is 3.91. The van der Waals surface area contributed by atoms with Crippen LogP contribution in [0, 0.1) is 10.1 Å². The van der Waals surface area contributed by atoms with Crippen molar-refractivity contribution in [3.8, 4) is 0 Å². The molecular formula is C8H7ClF2N2O2. The van der Waals surface area contributed by atoms with Crippen molar-refractivity contribution in [3.05, 3.63) is 38.9 Å². The molecule has 0 fully saturated rings. The summed E-state index contributed by atoms with van der Waals surface area (Å²) >= 11 is 5.47. The third-order valence-electron chi connectivity index (χ3n) is 1.82. The molecule has 0 aromatic heterocycles. The van der Waals surface area contributed by atoms with Crippen molar-refractivity contribution in [1.82, 2.24) is 0 Å². The van der Waals surface area contributed by atoms with E-state index in [9.17, 15) is 18.9 Å². The summed E-state index contributed by atoms with van der Waals surface area (Å²) in [4.78, 5) is 9.61. The largest absolute Gasteiger partial charge is 0.325 e. The summed E-state index contributed by atoms with van der Waals surface area (Å²) in [5, 5.41) is 10.3. The number of nitro groups is 1. The molecule has 0 heterocycles. The highest BCUT2D eigenvalue weighted by molar-refractivity contribution is 6.32. The fourth-order valence-electron chi connectivity index (χ4n) is 0.998. The van der Waals surface area contributed by atoms with Gasteiger partial charge in [-0.15, -0.1) is 0 Å². The van der Waals surface area contributed by atoms with Gasteiger partial charge >= 0.3 is 0 Å². The van der Waals surface area contributed by atoms with Crippen LogP contribution in [0.25, 0.3) is 0 Å². The fourth-order valence-corrected chi connectivity index (χ4v) is 1.18. The fraction of sp³-hybridized carbons (Fsp3) is 0.250. The van der Waals surface area contributed by atoms with Crippen molar-refractivity contribution in [2.45, 2.75) is 5.92 Å². The zero-order valence-corrected chi connectivity index (χ0v) is 8.17. The summed E-state index contributed by atoms with van der Waals surface area (Å²) in [6, 6.07) is 2.80. The molecule has 7 heteroatoms. The maximum atomic E-state index is 13.1. The Hall–Kier alpha value is -1.27. The predicted octanol–water partition coefficient (Wildman–Crippen LogP) is 2.30. The van der Waals surface area contributed by atoms with Gasteiger partial charge in [-0.2, -0.15) is 8.78 Å². The highest BCUT2D eigenvalue weighted by Gasteiger charge is 2.31. The molecule has 4 nitrogen and oxygen atoms in total. The molecule has 0 bridgehead atoms. The van der Waals surface area contributed by atoms with Gasteiger partial charge in [-0.05, 0) is 6.07 Å². The van der Waals surface area contributed by atoms with Crippen LogP contribution in [0.5, 0.6) is 0 Å². The van der Waals surface area contributed by atoms with Gasteiger partial charge < -0.3 is 5.73 Å². The first-order valence-corrected chi connectivity index (χ1v) is 4.28. The molecule has 0 radical (unpaired) electrons. The van der Waals surface area contributed by atoms with E-state index in [1.54, 1.807) is 0 Å². The van der Waals surface area contributed by atoms with Crippen molar-refractivity contribution in [1.29, 1.82) is 0 Å². The van der Waals surface area contributed by atoms with Crippen LogP contribution < -0.4 is 5.73 Å². The Morgan fingerprint density at radius 1 is 1.53 bits per heavy atom. The molecule has 0 spiro atoms. The lowest BCUT2D eigenvalue weighted by atomic mass is 10.1. The lowest BCUT2D eigenvalue weighted by Gasteiger charge is -2.13. The van der Waals surface area contributed by atoms with Gasteiger partial charge in [-0.3, -0.25) is 10.1 Å². The summed E-state index contributed by atoms with van der Waals surface area (Å²) in [6.45, 7) is -0.911. The number of nitrogens with two attached hydrogens (primary N) is 1. The van der Waals surface area contributed by atoms with Crippen LogP contribution in [-0.4, -0.2) is 11.5 Å². The summed E-state index contributed by atoms with van der Waals surface area (Å²) in [5.41, 5.74) is 3.78. The first kappa shape index (κ1) is 11.8. The molecule has 1 aromatic rings. The van der Waals surface area contributed by atoms with Gasteiger partial charge in [0.2, 0.25) is 0 Å². The lowest BCUT2D eigenvalue weighted by molar-refractivity contribution is -0.384.